The maximum absolute atomic E-state index is 13.9. The van der Waals surface area contributed by atoms with Gasteiger partial charge in [0.25, 0.3) is 11.5 Å². The molecule has 5 rings (SSSR count). The highest BCUT2D eigenvalue weighted by molar-refractivity contribution is 6.07. The molecule has 0 spiro atoms. The van der Waals surface area contributed by atoms with E-state index in [1.807, 2.05) is 0 Å². The lowest BCUT2D eigenvalue weighted by atomic mass is 9.86. The first-order valence-corrected chi connectivity index (χ1v) is 16.5. The van der Waals surface area contributed by atoms with Crippen molar-refractivity contribution in [3.63, 3.8) is 0 Å². The molecule has 2 fully saturated rings. The van der Waals surface area contributed by atoms with Crippen molar-refractivity contribution in [3.8, 4) is 17.2 Å². The molecule has 2 N–H and O–H groups in total. The molecule has 14 heteroatoms. The van der Waals surface area contributed by atoms with Crippen LogP contribution in [0.15, 0.2) is 36.4 Å². The van der Waals surface area contributed by atoms with Gasteiger partial charge in [-0.1, -0.05) is 50.8 Å². The molecule has 2 aliphatic heterocycles. The van der Waals surface area contributed by atoms with Gasteiger partial charge in [-0.05, 0) is 80.3 Å². The number of rotatable bonds is 12. The van der Waals surface area contributed by atoms with Crippen molar-refractivity contribution in [2.75, 3.05) is 19.9 Å². The summed E-state index contributed by atoms with van der Waals surface area (Å²) < 4.78 is 100. The van der Waals surface area contributed by atoms with Crippen LogP contribution in [0.5, 0.6) is 17.2 Å². The lowest BCUT2D eigenvalue weighted by Gasteiger charge is -2.33. The molecule has 1 unspecified atom stereocenters. The van der Waals surface area contributed by atoms with Crippen molar-refractivity contribution >= 4 is 18.0 Å². The van der Waals surface area contributed by atoms with Crippen LogP contribution in [0.25, 0.3) is 6.08 Å². The summed E-state index contributed by atoms with van der Waals surface area (Å²) in [6, 6.07) is 5.83. The Kier molecular flexibility index (Phi) is 10.5. The van der Waals surface area contributed by atoms with Crippen LogP contribution in [0, 0.1) is 5.92 Å². The fourth-order valence-electron chi connectivity index (χ4n) is 6.58. The molecule has 2 aromatic carbocycles. The molecule has 0 bridgehead atoms. The third-order valence-corrected chi connectivity index (χ3v) is 9.40. The fourth-order valence-corrected chi connectivity index (χ4v) is 6.58. The fraction of sp³-hybridized carbons (Fsp3) is 0.543. The van der Waals surface area contributed by atoms with E-state index in [0.29, 0.717) is 42.4 Å². The lowest BCUT2D eigenvalue weighted by molar-refractivity contribution is -0.376. The monoisotopic (exact) mass is 698 g/mol. The average molecular weight is 699 g/mol. The van der Waals surface area contributed by atoms with E-state index >= 15 is 0 Å². The zero-order valence-electron chi connectivity index (χ0n) is 27.3. The highest BCUT2D eigenvalue weighted by atomic mass is 19.4. The number of unbranched alkanes of at least 4 members (excludes halogenated alkanes) is 1. The Hall–Kier alpha value is -3.94. The molecule has 3 amide bonds. The quantitative estimate of drug-likeness (QED) is 0.133. The minimum atomic E-state index is -6.03. The van der Waals surface area contributed by atoms with Crippen LogP contribution in [-0.2, 0) is 22.4 Å². The third kappa shape index (κ3) is 7.20. The first kappa shape index (κ1) is 36.3. The molecule has 2 heterocycles. The number of hydrogen-bond donors (Lipinski definition) is 2. The molecule has 1 saturated carbocycles. The minimum absolute atomic E-state index is 0.00617. The lowest BCUT2D eigenvalue weighted by Crippen LogP contribution is -2.54. The largest absolute Gasteiger partial charge is 0.493 e. The van der Waals surface area contributed by atoms with E-state index in [9.17, 15) is 41.0 Å². The van der Waals surface area contributed by atoms with E-state index in [1.54, 1.807) is 38.1 Å². The summed E-state index contributed by atoms with van der Waals surface area (Å²) in [7, 11) is 0. The average Bonchev–Trinajstić information content (AvgIpc) is 3.61. The summed E-state index contributed by atoms with van der Waals surface area (Å²) in [5.41, 5.74) is -7.11. The Bertz CT molecular complexity index is 1550. The van der Waals surface area contributed by atoms with Crippen molar-refractivity contribution in [2.45, 2.75) is 95.1 Å². The third-order valence-electron chi connectivity index (χ3n) is 9.40. The Morgan fingerprint density at radius 1 is 1.00 bits per heavy atom. The van der Waals surface area contributed by atoms with Gasteiger partial charge in [-0.15, -0.1) is 0 Å². The van der Waals surface area contributed by atoms with Crippen molar-refractivity contribution in [2.24, 2.45) is 5.92 Å². The number of nitrogens with one attached hydrogen (secondary N) is 1. The number of ether oxygens (including phenoxy) is 3. The highest BCUT2D eigenvalue weighted by Gasteiger charge is 2.71. The predicted molar refractivity (Wildman–Crippen MR) is 167 cm³/mol. The van der Waals surface area contributed by atoms with Crippen LogP contribution >= 0.6 is 0 Å². The summed E-state index contributed by atoms with van der Waals surface area (Å²) >= 11 is 0. The minimum Gasteiger partial charge on any atom is -0.493 e. The van der Waals surface area contributed by atoms with E-state index in [1.165, 1.54) is 6.08 Å². The Morgan fingerprint density at radius 2 is 1.69 bits per heavy atom. The second kappa shape index (κ2) is 14.1. The summed E-state index contributed by atoms with van der Waals surface area (Å²) in [6.07, 6.45) is -2.99. The smallest absolute Gasteiger partial charge is 0.430 e. The molecule has 8 nitrogen and oxygen atoms in total. The molecule has 0 radical (unpaired) electrons. The van der Waals surface area contributed by atoms with Gasteiger partial charge in [0.2, 0.25) is 6.79 Å². The van der Waals surface area contributed by atoms with Gasteiger partial charge in [0, 0.05) is 17.7 Å². The molecule has 1 saturated heterocycles. The number of carbonyl (C=O) groups is 2. The van der Waals surface area contributed by atoms with Gasteiger partial charge in [-0.2, -0.15) is 26.3 Å². The maximum atomic E-state index is 13.9. The second-order valence-corrected chi connectivity index (χ2v) is 12.9. The van der Waals surface area contributed by atoms with Gasteiger partial charge in [0.15, 0.2) is 11.5 Å². The van der Waals surface area contributed by atoms with Gasteiger partial charge in [-0.25, -0.2) is 4.79 Å². The molecule has 0 aromatic heterocycles. The van der Waals surface area contributed by atoms with Gasteiger partial charge in [-0.3, -0.25) is 9.69 Å². The van der Waals surface area contributed by atoms with Crippen molar-refractivity contribution in [1.82, 2.24) is 10.2 Å². The van der Waals surface area contributed by atoms with E-state index < -0.39 is 41.0 Å². The van der Waals surface area contributed by atoms with Crippen LogP contribution in [0.3, 0.4) is 0 Å². The maximum Gasteiger partial charge on any atom is 0.430 e. The zero-order chi connectivity index (χ0) is 35.6. The predicted octanol–water partition coefficient (Wildman–Crippen LogP) is 7.90. The number of urea groups is 1. The number of nitrogens with zero attached hydrogens (tertiary/aromatic N) is 1. The van der Waals surface area contributed by atoms with E-state index in [-0.39, 0.29) is 49.2 Å². The normalized spacial score (nSPS) is 20.4. The number of aryl methyl sites for hydroxylation is 1. The molecule has 1 atom stereocenters. The first-order chi connectivity index (χ1) is 23.1. The summed E-state index contributed by atoms with van der Waals surface area (Å²) in [5.74, 6) is 0.768. The highest BCUT2D eigenvalue weighted by Crippen LogP contribution is 2.51. The number of halogens is 6. The number of alkyl halides is 6. The van der Waals surface area contributed by atoms with Crippen LogP contribution in [0.2, 0.25) is 0 Å². The Balaban J connectivity index is 1.33. The zero-order valence-corrected chi connectivity index (χ0v) is 27.3. The van der Waals surface area contributed by atoms with Crippen LogP contribution in [0.4, 0.5) is 31.1 Å². The number of amides is 3. The number of imide groups is 1. The second-order valence-electron chi connectivity index (χ2n) is 12.9. The van der Waals surface area contributed by atoms with E-state index in [2.05, 4.69) is 5.32 Å². The molecule has 2 aromatic rings. The SMILES string of the molecule is CCCc1cc(C(O)(C(F)(F)F)C(F)(F)F)cc(/C=C/C2CCCCC2)c1OCCCCN1C(=O)NC(C)(c2ccc3c(c2)OCO3)C1=O. The molecular formula is C35H40F6N2O6. The molecule has 268 valence electrons. The molecular weight excluding hydrogens is 658 g/mol. The van der Waals surface area contributed by atoms with Crippen LogP contribution in [-0.4, -0.2) is 54.2 Å². The van der Waals surface area contributed by atoms with Crippen LogP contribution < -0.4 is 19.5 Å². The van der Waals surface area contributed by atoms with Gasteiger partial charge in [0.1, 0.15) is 11.3 Å². The van der Waals surface area contributed by atoms with Crippen molar-refractivity contribution in [1.29, 1.82) is 0 Å². The first-order valence-electron chi connectivity index (χ1n) is 16.5. The summed E-state index contributed by atoms with van der Waals surface area (Å²) in [5, 5.41) is 13.0. The Labute approximate surface area is 280 Å². The standard InChI is InChI=1S/C35H40F6N2O6/c1-3-9-23-18-26(33(46,34(36,37)38)35(39,40)41)19-24(13-12-22-10-5-4-6-11-22)29(23)47-17-8-7-16-43-30(44)32(2,42-31(43)45)25-14-15-27-28(20-25)49-21-48-27/h12-15,18-20,22,46H,3-11,16-17,21H2,1-2H3,(H,42,45)/b13-12+. The van der Waals surface area contributed by atoms with Crippen molar-refractivity contribution in [3.05, 3.63) is 58.7 Å². The number of benzene rings is 2. The van der Waals surface area contributed by atoms with Crippen molar-refractivity contribution < 1.29 is 55.2 Å². The number of allylic oxidation sites excluding steroid dienone is 1. The molecule has 1 aliphatic carbocycles. The van der Waals surface area contributed by atoms with Gasteiger partial charge in [0.05, 0.1) is 6.61 Å². The Morgan fingerprint density at radius 3 is 2.37 bits per heavy atom. The summed E-state index contributed by atoms with van der Waals surface area (Å²) in [6.45, 7) is 3.42. The summed E-state index contributed by atoms with van der Waals surface area (Å²) in [4.78, 5) is 27.3. The van der Waals surface area contributed by atoms with E-state index in [4.69, 9.17) is 14.2 Å². The number of fused-ring (bicyclic) bond motifs is 1. The van der Waals surface area contributed by atoms with Crippen LogP contribution in [0.1, 0.15) is 87.5 Å². The van der Waals surface area contributed by atoms with Gasteiger partial charge >= 0.3 is 18.4 Å². The van der Waals surface area contributed by atoms with Gasteiger partial charge < -0.3 is 24.6 Å². The number of aliphatic hydroxyl groups is 1. The molecule has 49 heavy (non-hydrogen) atoms. The number of carbonyl (C=O) groups excluding carboxylic acids is 2. The van der Waals surface area contributed by atoms with E-state index in [0.717, 1.165) is 43.1 Å². The number of hydrogen-bond acceptors (Lipinski definition) is 6. The topological polar surface area (TPSA) is 97.3 Å². The molecule has 3 aliphatic rings.